The second-order valence-electron chi connectivity index (χ2n) is 8.20. The third-order valence-electron chi connectivity index (χ3n) is 5.08. The molecular formula is C27H36O3. The molecule has 0 radical (unpaired) electrons. The van der Waals surface area contributed by atoms with Gasteiger partial charge in [-0.05, 0) is 31.9 Å². The van der Waals surface area contributed by atoms with Crippen molar-refractivity contribution < 1.29 is 14.6 Å². The number of rotatable bonds is 11. The second-order valence-corrected chi connectivity index (χ2v) is 8.20. The number of unbranched alkanes of at least 4 members (excludes halogenated alkanes) is 6. The monoisotopic (exact) mass is 408 g/mol. The summed E-state index contributed by atoms with van der Waals surface area (Å²) in [5.41, 5.74) is 1.59. The summed E-state index contributed by atoms with van der Waals surface area (Å²) in [6.45, 7) is 6.22. The highest BCUT2D eigenvalue weighted by atomic mass is 16.5. The van der Waals surface area contributed by atoms with E-state index in [4.69, 9.17) is 9.47 Å². The number of aliphatic hydroxyl groups is 1. The number of benzene rings is 2. The van der Waals surface area contributed by atoms with Crippen LogP contribution in [0.3, 0.4) is 0 Å². The minimum absolute atomic E-state index is 0.436. The van der Waals surface area contributed by atoms with Gasteiger partial charge >= 0.3 is 0 Å². The highest BCUT2D eigenvalue weighted by molar-refractivity contribution is 5.55. The summed E-state index contributed by atoms with van der Waals surface area (Å²) in [4.78, 5) is 0. The molecule has 0 atom stereocenters. The van der Waals surface area contributed by atoms with Crippen LogP contribution in [0, 0.1) is 11.8 Å². The first-order valence-electron chi connectivity index (χ1n) is 11.1. The largest absolute Gasteiger partial charge is 0.493 e. The highest BCUT2D eigenvalue weighted by Crippen LogP contribution is 2.35. The fraction of sp³-hybridized carbons (Fsp3) is 0.481. The normalized spacial score (nSPS) is 11.0. The summed E-state index contributed by atoms with van der Waals surface area (Å²) >= 11 is 0. The average molecular weight is 409 g/mol. The Morgan fingerprint density at radius 3 is 2.30 bits per heavy atom. The van der Waals surface area contributed by atoms with Gasteiger partial charge in [0.15, 0.2) is 11.5 Å². The zero-order chi connectivity index (χ0) is 21.8. The molecular weight excluding hydrogens is 372 g/mol. The van der Waals surface area contributed by atoms with Crippen LogP contribution in [0.1, 0.15) is 82.4 Å². The lowest BCUT2D eigenvalue weighted by molar-refractivity contribution is 0.0778. The topological polar surface area (TPSA) is 38.7 Å². The van der Waals surface area contributed by atoms with Crippen LogP contribution in [-0.4, -0.2) is 12.2 Å². The van der Waals surface area contributed by atoms with E-state index in [1.165, 1.54) is 32.1 Å². The number of methoxy groups -OCH3 is 1. The predicted molar refractivity (Wildman–Crippen MR) is 124 cm³/mol. The molecule has 0 aliphatic carbocycles. The second kappa shape index (κ2) is 12.3. The van der Waals surface area contributed by atoms with Gasteiger partial charge in [-0.2, -0.15) is 0 Å². The van der Waals surface area contributed by atoms with Gasteiger partial charge < -0.3 is 14.6 Å². The Bertz CT molecular complexity index is 823. The molecule has 1 N–H and O–H groups in total. The lowest BCUT2D eigenvalue weighted by Crippen LogP contribution is -2.18. The molecule has 0 aliphatic heterocycles. The number of ether oxygens (including phenoxy) is 2. The smallest absolute Gasteiger partial charge is 0.162 e. The van der Waals surface area contributed by atoms with Crippen molar-refractivity contribution in [1.29, 1.82) is 0 Å². The van der Waals surface area contributed by atoms with Crippen molar-refractivity contribution in [3.8, 4) is 23.3 Å². The summed E-state index contributed by atoms with van der Waals surface area (Å²) in [7, 11) is 1.63. The van der Waals surface area contributed by atoms with E-state index in [1.807, 2.05) is 42.5 Å². The maximum absolute atomic E-state index is 10.7. The van der Waals surface area contributed by atoms with Crippen molar-refractivity contribution in [3.05, 3.63) is 59.2 Å². The zero-order valence-electron chi connectivity index (χ0n) is 19.0. The van der Waals surface area contributed by atoms with Crippen LogP contribution in [0.2, 0.25) is 0 Å². The summed E-state index contributed by atoms with van der Waals surface area (Å²) in [6, 6.07) is 13.7. The predicted octanol–water partition coefficient (Wildman–Crippen LogP) is 6.60. The molecule has 0 aromatic heterocycles. The molecule has 0 heterocycles. The maximum Gasteiger partial charge on any atom is 0.162 e. The Morgan fingerprint density at radius 1 is 0.933 bits per heavy atom. The van der Waals surface area contributed by atoms with Crippen molar-refractivity contribution in [2.24, 2.45) is 0 Å². The molecule has 3 nitrogen and oxygen atoms in total. The van der Waals surface area contributed by atoms with Crippen LogP contribution in [0.5, 0.6) is 11.5 Å². The first-order chi connectivity index (χ1) is 14.5. The average Bonchev–Trinajstić information content (AvgIpc) is 2.74. The molecule has 30 heavy (non-hydrogen) atoms. The molecule has 0 amide bonds. The Hall–Kier alpha value is -2.44. The van der Waals surface area contributed by atoms with Gasteiger partial charge in [-0.25, -0.2) is 0 Å². The Balaban J connectivity index is 2.13. The lowest BCUT2D eigenvalue weighted by atomic mass is 9.92. The van der Waals surface area contributed by atoms with E-state index in [0.717, 1.165) is 29.5 Å². The van der Waals surface area contributed by atoms with Crippen LogP contribution in [0.25, 0.3) is 0 Å². The molecule has 2 aromatic rings. The van der Waals surface area contributed by atoms with Crippen LogP contribution >= 0.6 is 0 Å². The number of hydrogen-bond acceptors (Lipinski definition) is 3. The molecule has 0 aliphatic rings. The summed E-state index contributed by atoms with van der Waals surface area (Å²) in [6.07, 6.45) is 8.39. The molecule has 0 saturated carbocycles. The van der Waals surface area contributed by atoms with E-state index in [-0.39, 0.29) is 0 Å². The Morgan fingerprint density at radius 2 is 1.63 bits per heavy atom. The first kappa shape index (κ1) is 23.8. The summed E-state index contributed by atoms with van der Waals surface area (Å²) in [5.74, 6) is 7.77. The van der Waals surface area contributed by atoms with Crippen molar-refractivity contribution in [3.63, 3.8) is 0 Å². The third-order valence-corrected chi connectivity index (χ3v) is 5.08. The molecule has 0 spiro atoms. The van der Waals surface area contributed by atoms with Gasteiger partial charge in [0.2, 0.25) is 0 Å². The minimum Gasteiger partial charge on any atom is -0.493 e. The van der Waals surface area contributed by atoms with Gasteiger partial charge in [0, 0.05) is 23.6 Å². The van der Waals surface area contributed by atoms with E-state index in [2.05, 4.69) is 18.8 Å². The quantitative estimate of drug-likeness (QED) is 0.336. The van der Waals surface area contributed by atoms with Crippen molar-refractivity contribution >= 4 is 0 Å². The minimum atomic E-state index is -1.03. The van der Waals surface area contributed by atoms with Gasteiger partial charge in [-0.1, -0.05) is 81.2 Å². The van der Waals surface area contributed by atoms with Crippen molar-refractivity contribution in [2.75, 3.05) is 7.11 Å². The fourth-order valence-corrected chi connectivity index (χ4v) is 3.33. The van der Waals surface area contributed by atoms with E-state index >= 15 is 0 Å². The zero-order valence-corrected chi connectivity index (χ0v) is 19.0. The summed E-state index contributed by atoms with van der Waals surface area (Å²) in [5, 5.41) is 10.7. The molecule has 3 heteroatoms. The van der Waals surface area contributed by atoms with Crippen LogP contribution in [0.15, 0.2) is 42.5 Å². The van der Waals surface area contributed by atoms with Crippen molar-refractivity contribution in [1.82, 2.24) is 0 Å². The first-order valence-corrected chi connectivity index (χ1v) is 11.1. The van der Waals surface area contributed by atoms with E-state index in [1.54, 1.807) is 21.0 Å². The van der Waals surface area contributed by atoms with Gasteiger partial charge in [0.1, 0.15) is 6.61 Å². The molecule has 0 saturated heterocycles. The molecule has 0 fully saturated rings. The fourth-order valence-electron chi connectivity index (χ4n) is 3.33. The van der Waals surface area contributed by atoms with Crippen molar-refractivity contribution in [2.45, 2.75) is 77.9 Å². The Labute approximate surface area is 182 Å². The Kier molecular flexibility index (Phi) is 9.77. The molecule has 2 rings (SSSR count). The highest BCUT2D eigenvalue weighted by Gasteiger charge is 2.23. The van der Waals surface area contributed by atoms with E-state index in [0.29, 0.717) is 18.1 Å². The van der Waals surface area contributed by atoms with Crippen LogP contribution in [0.4, 0.5) is 0 Å². The maximum atomic E-state index is 10.7. The molecule has 2 aromatic carbocycles. The van der Waals surface area contributed by atoms with E-state index < -0.39 is 5.60 Å². The van der Waals surface area contributed by atoms with E-state index in [9.17, 15) is 5.11 Å². The molecule has 0 unspecified atom stereocenters. The van der Waals surface area contributed by atoms with Crippen LogP contribution < -0.4 is 9.47 Å². The van der Waals surface area contributed by atoms with Gasteiger partial charge in [0.05, 0.1) is 12.7 Å². The molecule has 0 bridgehead atoms. The summed E-state index contributed by atoms with van der Waals surface area (Å²) < 4.78 is 11.6. The SMILES string of the molecule is CCCCCCCCC#Cc1cc(OC)c(OCc2ccccc2)cc1C(C)(C)O. The molecule has 162 valence electrons. The van der Waals surface area contributed by atoms with Crippen LogP contribution in [-0.2, 0) is 12.2 Å². The van der Waals surface area contributed by atoms with Gasteiger partial charge in [0.25, 0.3) is 0 Å². The van der Waals surface area contributed by atoms with Gasteiger partial charge in [-0.3, -0.25) is 0 Å². The standard InChI is InChI=1S/C27H36O3/c1-5-6-7-8-9-10-11-15-18-23-19-25(29-4)26(20-24(23)27(2,3)28)30-21-22-16-13-12-14-17-22/h12-14,16-17,19-20,28H,5-11,21H2,1-4H3. The third kappa shape index (κ3) is 7.76. The van der Waals surface area contributed by atoms with Gasteiger partial charge in [-0.15, -0.1) is 0 Å². The number of hydrogen-bond donors (Lipinski definition) is 1. The lowest BCUT2D eigenvalue weighted by Gasteiger charge is -2.22.